The summed E-state index contributed by atoms with van der Waals surface area (Å²) in [4.78, 5) is 2.35. The van der Waals surface area contributed by atoms with Gasteiger partial charge in [-0.15, -0.1) is 0 Å². The molecule has 0 aliphatic carbocycles. The number of fused-ring (bicyclic) bond motifs is 2. The molecule has 0 spiro atoms. The summed E-state index contributed by atoms with van der Waals surface area (Å²) in [7, 11) is 0. The largest absolute Gasteiger partial charge is 0.493 e. The summed E-state index contributed by atoms with van der Waals surface area (Å²) >= 11 is 0. The van der Waals surface area contributed by atoms with Crippen LogP contribution in [0.1, 0.15) is 59.3 Å². The Labute approximate surface area is 169 Å². The maximum absolute atomic E-state index is 6.28. The van der Waals surface area contributed by atoms with E-state index in [-0.39, 0.29) is 0 Å². The van der Waals surface area contributed by atoms with E-state index in [1.54, 1.807) is 0 Å². The fourth-order valence-corrected chi connectivity index (χ4v) is 3.25. The monoisotopic (exact) mass is 383 g/mol. The first-order valence-corrected chi connectivity index (χ1v) is 10.8. The normalized spacial score (nSPS) is 12.2. The lowest BCUT2D eigenvalue weighted by atomic mass is 10.1. The predicted molar refractivity (Wildman–Crippen MR) is 116 cm³/mol. The Hall–Kier alpha value is -2.36. The third-order valence-corrected chi connectivity index (χ3v) is 4.93. The Balaban J connectivity index is 1.85. The number of anilines is 2. The van der Waals surface area contributed by atoms with Crippen LogP contribution in [-0.4, -0.2) is 19.8 Å². The molecule has 0 aromatic heterocycles. The van der Waals surface area contributed by atoms with E-state index in [0.29, 0.717) is 0 Å². The van der Waals surface area contributed by atoms with Crippen LogP contribution >= 0.6 is 0 Å². The minimum Gasteiger partial charge on any atom is -0.493 e. The summed E-state index contributed by atoms with van der Waals surface area (Å²) < 4.78 is 18.0. The highest BCUT2D eigenvalue weighted by atomic mass is 16.5. The fourth-order valence-electron chi connectivity index (χ4n) is 3.25. The van der Waals surface area contributed by atoms with Gasteiger partial charge in [-0.1, -0.05) is 40.0 Å². The lowest BCUT2D eigenvalue weighted by molar-refractivity contribution is 0.306. The number of hydrogen-bond donors (Lipinski definition) is 0. The molecule has 4 heteroatoms. The molecule has 0 bridgehead atoms. The number of unbranched alkanes of at least 4 members (excludes halogenated alkanes) is 3. The molecule has 152 valence electrons. The molecule has 4 nitrogen and oxygen atoms in total. The molecule has 2 aromatic carbocycles. The molecule has 0 N–H and O–H groups in total. The minimum atomic E-state index is 0.737. The third kappa shape index (κ3) is 4.92. The van der Waals surface area contributed by atoms with Crippen LogP contribution in [0.25, 0.3) is 0 Å². The summed E-state index contributed by atoms with van der Waals surface area (Å²) in [5.41, 5.74) is 2.20. The lowest BCUT2D eigenvalue weighted by Crippen LogP contribution is -2.22. The van der Waals surface area contributed by atoms with Crippen molar-refractivity contribution in [2.75, 3.05) is 24.7 Å². The van der Waals surface area contributed by atoms with E-state index in [2.05, 4.69) is 37.8 Å². The van der Waals surface area contributed by atoms with Gasteiger partial charge in [-0.05, 0) is 43.5 Å². The molecule has 0 fully saturated rings. The zero-order chi connectivity index (χ0) is 19.8. The first kappa shape index (κ1) is 20.4. The molecule has 0 radical (unpaired) electrons. The predicted octanol–water partition coefficient (Wildman–Crippen LogP) is 7.09. The van der Waals surface area contributed by atoms with Gasteiger partial charge >= 0.3 is 0 Å². The lowest BCUT2D eigenvalue weighted by Gasteiger charge is -2.33. The molecular weight excluding hydrogens is 350 g/mol. The number of hydrogen-bond acceptors (Lipinski definition) is 4. The van der Waals surface area contributed by atoms with Crippen molar-refractivity contribution in [3.8, 4) is 23.0 Å². The van der Waals surface area contributed by atoms with Gasteiger partial charge in [0, 0.05) is 18.7 Å². The van der Waals surface area contributed by atoms with Crippen LogP contribution in [0.2, 0.25) is 0 Å². The fraction of sp³-hybridized carbons (Fsp3) is 0.500. The molecule has 1 heterocycles. The van der Waals surface area contributed by atoms with Gasteiger partial charge in [-0.2, -0.15) is 0 Å². The van der Waals surface area contributed by atoms with E-state index in [4.69, 9.17) is 14.2 Å². The number of nitrogens with zero attached hydrogens (tertiary/aromatic N) is 1. The van der Waals surface area contributed by atoms with Crippen LogP contribution in [0.4, 0.5) is 11.4 Å². The second-order valence-electron chi connectivity index (χ2n) is 7.27. The Morgan fingerprint density at radius 2 is 1.21 bits per heavy atom. The van der Waals surface area contributed by atoms with E-state index in [0.717, 1.165) is 92.7 Å². The molecule has 0 atom stereocenters. The molecule has 0 saturated carbocycles. The first-order valence-electron chi connectivity index (χ1n) is 10.8. The molecule has 28 heavy (non-hydrogen) atoms. The van der Waals surface area contributed by atoms with Crippen molar-refractivity contribution in [1.29, 1.82) is 0 Å². The minimum absolute atomic E-state index is 0.737. The van der Waals surface area contributed by atoms with Crippen molar-refractivity contribution in [3.63, 3.8) is 0 Å². The van der Waals surface area contributed by atoms with Gasteiger partial charge in [0.2, 0.25) is 0 Å². The maximum Gasteiger partial charge on any atom is 0.154 e. The number of rotatable bonds is 11. The Morgan fingerprint density at radius 3 is 1.68 bits per heavy atom. The van der Waals surface area contributed by atoms with Gasteiger partial charge in [-0.3, -0.25) is 0 Å². The zero-order valence-electron chi connectivity index (χ0n) is 17.5. The van der Waals surface area contributed by atoms with Crippen LogP contribution in [-0.2, 0) is 0 Å². The van der Waals surface area contributed by atoms with Crippen molar-refractivity contribution in [1.82, 2.24) is 0 Å². The summed E-state index contributed by atoms with van der Waals surface area (Å²) in [6.07, 6.45) is 6.64. The highest BCUT2D eigenvalue weighted by Crippen LogP contribution is 2.49. The SMILES string of the molecule is CCCCOc1ccc2c(c1)Oc1cc(OCCCC)ccc1N2CCCC. The topological polar surface area (TPSA) is 30.9 Å². The first-order chi connectivity index (χ1) is 13.8. The van der Waals surface area contributed by atoms with Gasteiger partial charge < -0.3 is 19.1 Å². The summed E-state index contributed by atoms with van der Waals surface area (Å²) in [5, 5.41) is 0. The van der Waals surface area contributed by atoms with Crippen molar-refractivity contribution in [2.45, 2.75) is 59.3 Å². The second kappa shape index (κ2) is 10.3. The van der Waals surface area contributed by atoms with Crippen LogP contribution < -0.4 is 19.1 Å². The molecule has 2 aromatic rings. The molecule has 0 saturated heterocycles. The van der Waals surface area contributed by atoms with Crippen LogP contribution in [0.15, 0.2) is 36.4 Å². The summed E-state index contributed by atoms with van der Waals surface area (Å²) in [6, 6.07) is 12.3. The van der Waals surface area contributed by atoms with Gasteiger partial charge in [0.05, 0.1) is 24.6 Å². The molecule has 1 aliphatic rings. The van der Waals surface area contributed by atoms with Crippen molar-refractivity contribution >= 4 is 11.4 Å². The molecule has 1 aliphatic heterocycles. The Kier molecular flexibility index (Phi) is 7.46. The molecule has 0 unspecified atom stereocenters. The van der Waals surface area contributed by atoms with E-state index in [1.165, 1.54) is 0 Å². The third-order valence-electron chi connectivity index (χ3n) is 4.93. The van der Waals surface area contributed by atoms with Crippen molar-refractivity contribution in [2.24, 2.45) is 0 Å². The zero-order valence-corrected chi connectivity index (χ0v) is 17.5. The number of benzene rings is 2. The van der Waals surface area contributed by atoms with Gasteiger partial charge in [0.25, 0.3) is 0 Å². The van der Waals surface area contributed by atoms with Gasteiger partial charge in [0.15, 0.2) is 11.5 Å². The maximum atomic E-state index is 6.28. The average Bonchev–Trinajstić information content (AvgIpc) is 2.71. The number of ether oxygens (including phenoxy) is 3. The summed E-state index contributed by atoms with van der Waals surface area (Å²) in [6.45, 7) is 9.00. The standard InChI is InChI=1S/C24H33NO3/c1-4-7-14-25-21-12-10-19(26-15-8-5-2)17-23(21)28-24-18-20(11-13-22(24)25)27-16-9-6-3/h10-13,17-18H,4-9,14-16H2,1-3H3. The smallest absolute Gasteiger partial charge is 0.154 e. The van der Waals surface area contributed by atoms with E-state index in [1.807, 2.05) is 24.3 Å². The van der Waals surface area contributed by atoms with E-state index >= 15 is 0 Å². The highest BCUT2D eigenvalue weighted by Gasteiger charge is 2.25. The van der Waals surface area contributed by atoms with E-state index in [9.17, 15) is 0 Å². The molecule has 3 rings (SSSR count). The quantitative estimate of drug-likeness (QED) is 0.388. The Bertz CT molecular complexity index is 700. The van der Waals surface area contributed by atoms with Crippen LogP contribution in [0, 0.1) is 0 Å². The van der Waals surface area contributed by atoms with Gasteiger partial charge in [-0.25, -0.2) is 0 Å². The molecule has 0 amide bonds. The molecular formula is C24H33NO3. The summed E-state index contributed by atoms with van der Waals surface area (Å²) in [5.74, 6) is 3.43. The van der Waals surface area contributed by atoms with Crippen LogP contribution in [0.5, 0.6) is 23.0 Å². The van der Waals surface area contributed by atoms with Gasteiger partial charge in [0.1, 0.15) is 11.5 Å². The highest BCUT2D eigenvalue weighted by molar-refractivity contribution is 5.79. The average molecular weight is 384 g/mol. The second-order valence-corrected chi connectivity index (χ2v) is 7.27. The van der Waals surface area contributed by atoms with Crippen molar-refractivity contribution < 1.29 is 14.2 Å². The van der Waals surface area contributed by atoms with E-state index < -0.39 is 0 Å². The van der Waals surface area contributed by atoms with Crippen LogP contribution in [0.3, 0.4) is 0 Å². The Morgan fingerprint density at radius 1 is 0.714 bits per heavy atom. The van der Waals surface area contributed by atoms with Crippen molar-refractivity contribution in [3.05, 3.63) is 36.4 Å².